The molecule has 0 heterocycles. The fourth-order valence-electron chi connectivity index (χ4n) is 3.18. The second kappa shape index (κ2) is 8.88. The van der Waals surface area contributed by atoms with Gasteiger partial charge >= 0.3 is 6.03 Å². The van der Waals surface area contributed by atoms with Gasteiger partial charge in [0.05, 0.1) is 11.4 Å². The first-order valence-electron chi connectivity index (χ1n) is 9.63. The molecule has 0 fully saturated rings. The van der Waals surface area contributed by atoms with Gasteiger partial charge in [0.15, 0.2) is 5.78 Å². The Kier molecular flexibility index (Phi) is 5.67. The van der Waals surface area contributed by atoms with Gasteiger partial charge in [-0.05, 0) is 48.5 Å². The Labute approximate surface area is 175 Å². The normalized spacial score (nSPS) is 10.3. The summed E-state index contributed by atoms with van der Waals surface area (Å²) in [6, 6.07) is 34.7. The number of benzene rings is 4. The topological polar surface area (TPSA) is 49.4 Å². The third kappa shape index (κ3) is 4.28. The van der Waals surface area contributed by atoms with Crippen LogP contribution in [0.15, 0.2) is 115 Å². The molecule has 4 aromatic carbocycles. The molecule has 4 rings (SSSR count). The number of para-hydroxylation sites is 2. The van der Waals surface area contributed by atoms with Gasteiger partial charge in [-0.3, -0.25) is 9.69 Å². The van der Waals surface area contributed by atoms with Gasteiger partial charge in [0.1, 0.15) is 0 Å². The van der Waals surface area contributed by atoms with Gasteiger partial charge in [0.25, 0.3) is 0 Å². The van der Waals surface area contributed by atoms with E-state index < -0.39 is 0 Å². The smallest absolute Gasteiger partial charge is 0.307 e. The maximum absolute atomic E-state index is 13.1. The van der Waals surface area contributed by atoms with Crippen LogP contribution >= 0.6 is 0 Å². The van der Waals surface area contributed by atoms with Crippen LogP contribution in [0.5, 0.6) is 0 Å². The van der Waals surface area contributed by atoms with Crippen LogP contribution < -0.4 is 10.2 Å². The summed E-state index contributed by atoms with van der Waals surface area (Å²) in [5.74, 6) is -0.0522. The predicted octanol–water partition coefficient (Wildman–Crippen LogP) is 6.29. The monoisotopic (exact) mass is 392 g/mol. The third-order valence-corrected chi connectivity index (χ3v) is 4.67. The van der Waals surface area contributed by atoms with E-state index in [0.717, 1.165) is 11.4 Å². The first-order valence-corrected chi connectivity index (χ1v) is 9.63. The summed E-state index contributed by atoms with van der Waals surface area (Å²) in [6.07, 6.45) is 0. The van der Waals surface area contributed by atoms with Gasteiger partial charge in [0, 0.05) is 16.8 Å². The lowest BCUT2D eigenvalue weighted by Gasteiger charge is -2.23. The van der Waals surface area contributed by atoms with Crippen molar-refractivity contribution in [3.05, 3.63) is 126 Å². The van der Waals surface area contributed by atoms with Crippen molar-refractivity contribution in [2.24, 2.45) is 0 Å². The maximum atomic E-state index is 13.1. The van der Waals surface area contributed by atoms with Crippen LogP contribution in [0, 0.1) is 0 Å². The van der Waals surface area contributed by atoms with Gasteiger partial charge in [-0.15, -0.1) is 0 Å². The SMILES string of the molecule is O=C(c1ccccc1)c1ccc(NC(=O)N(c2ccccc2)c2ccccc2)cc1. The number of ketones is 1. The zero-order valence-corrected chi connectivity index (χ0v) is 16.2. The van der Waals surface area contributed by atoms with Crippen molar-refractivity contribution in [3.63, 3.8) is 0 Å². The first-order chi connectivity index (χ1) is 14.7. The van der Waals surface area contributed by atoms with Crippen molar-refractivity contribution in [2.75, 3.05) is 10.2 Å². The Hall–Kier alpha value is -4.18. The van der Waals surface area contributed by atoms with E-state index in [2.05, 4.69) is 5.32 Å². The first kappa shape index (κ1) is 19.2. The summed E-state index contributed by atoms with van der Waals surface area (Å²) in [5.41, 5.74) is 3.34. The minimum Gasteiger partial charge on any atom is -0.307 e. The fourth-order valence-corrected chi connectivity index (χ4v) is 3.18. The standard InChI is InChI=1S/C26H20N2O2/c29-25(20-10-4-1-5-11-20)21-16-18-22(19-17-21)27-26(30)28(23-12-6-2-7-13-23)24-14-8-3-9-15-24/h1-19H,(H,27,30). The minimum atomic E-state index is -0.283. The molecule has 0 aliphatic rings. The Balaban J connectivity index is 1.55. The lowest BCUT2D eigenvalue weighted by molar-refractivity contribution is 0.103. The number of hydrogen-bond donors (Lipinski definition) is 1. The highest BCUT2D eigenvalue weighted by Gasteiger charge is 2.18. The molecular formula is C26H20N2O2. The van der Waals surface area contributed by atoms with Gasteiger partial charge in [-0.1, -0.05) is 66.7 Å². The summed E-state index contributed by atoms with van der Waals surface area (Å²) >= 11 is 0. The highest BCUT2D eigenvalue weighted by molar-refractivity contribution is 6.10. The Bertz CT molecular complexity index is 1090. The zero-order valence-electron chi connectivity index (χ0n) is 16.2. The van der Waals surface area contributed by atoms with Crippen molar-refractivity contribution >= 4 is 28.9 Å². The van der Waals surface area contributed by atoms with Crippen molar-refractivity contribution in [1.82, 2.24) is 0 Å². The number of carbonyl (C=O) groups is 2. The van der Waals surface area contributed by atoms with E-state index in [4.69, 9.17) is 0 Å². The van der Waals surface area contributed by atoms with E-state index in [0.29, 0.717) is 16.8 Å². The van der Waals surface area contributed by atoms with E-state index >= 15 is 0 Å². The van der Waals surface area contributed by atoms with Crippen LogP contribution in [-0.2, 0) is 0 Å². The third-order valence-electron chi connectivity index (χ3n) is 4.67. The number of anilines is 3. The van der Waals surface area contributed by atoms with Crippen molar-refractivity contribution in [3.8, 4) is 0 Å². The molecule has 2 amide bonds. The second-order valence-corrected chi connectivity index (χ2v) is 6.71. The number of rotatable bonds is 5. The molecule has 146 valence electrons. The molecule has 0 aliphatic carbocycles. The zero-order chi connectivity index (χ0) is 20.8. The Morgan fingerprint density at radius 3 is 1.47 bits per heavy atom. The molecule has 0 saturated heterocycles. The number of nitrogens with zero attached hydrogens (tertiary/aromatic N) is 1. The fraction of sp³-hybridized carbons (Fsp3) is 0. The van der Waals surface area contributed by atoms with Crippen LogP contribution in [0.4, 0.5) is 21.9 Å². The van der Waals surface area contributed by atoms with E-state index in [-0.39, 0.29) is 11.8 Å². The van der Waals surface area contributed by atoms with Gasteiger partial charge in [-0.2, -0.15) is 0 Å². The van der Waals surface area contributed by atoms with Crippen LogP contribution in [0.3, 0.4) is 0 Å². The molecule has 4 heteroatoms. The predicted molar refractivity (Wildman–Crippen MR) is 120 cm³/mol. The van der Waals surface area contributed by atoms with Crippen LogP contribution in [0.1, 0.15) is 15.9 Å². The van der Waals surface area contributed by atoms with Crippen LogP contribution in [-0.4, -0.2) is 11.8 Å². The Morgan fingerprint density at radius 1 is 0.533 bits per heavy atom. The summed E-state index contributed by atoms with van der Waals surface area (Å²) in [7, 11) is 0. The highest BCUT2D eigenvalue weighted by Crippen LogP contribution is 2.26. The van der Waals surface area contributed by atoms with E-state index in [1.165, 1.54) is 0 Å². The number of carbonyl (C=O) groups excluding carboxylic acids is 2. The van der Waals surface area contributed by atoms with Crippen molar-refractivity contribution in [2.45, 2.75) is 0 Å². The number of hydrogen-bond acceptors (Lipinski definition) is 2. The van der Waals surface area contributed by atoms with E-state index in [1.54, 1.807) is 41.3 Å². The summed E-state index contributed by atoms with van der Waals surface area (Å²) < 4.78 is 0. The largest absolute Gasteiger partial charge is 0.330 e. The molecule has 0 unspecified atom stereocenters. The molecule has 1 N–H and O–H groups in total. The van der Waals surface area contributed by atoms with Crippen molar-refractivity contribution < 1.29 is 9.59 Å². The van der Waals surface area contributed by atoms with Gasteiger partial charge in [0.2, 0.25) is 0 Å². The van der Waals surface area contributed by atoms with E-state index in [9.17, 15) is 9.59 Å². The minimum absolute atomic E-state index is 0.0522. The summed E-state index contributed by atoms with van der Waals surface area (Å²) in [6.45, 7) is 0. The second-order valence-electron chi connectivity index (χ2n) is 6.71. The van der Waals surface area contributed by atoms with Crippen molar-refractivity contribution in [1.29, 1.82) is 0 Å². The molecule has 0 aliphatic heterocycles. The van der Waals surface area contributed by atoms with Crippen LogP contribution in [0.25, 0.3) is 0 Å². The average Bonchev–Trinajstić information content (AvgIpc) is 2.81. The molecule has 0 aromatic heterocycles. The maximum Gasteiger partial charge on any atom is 0.330 e. The molecular weight excluding hydrogens is 372 g/mol. The lowest BCUT2D eigenvalue weighted by atomic mass is 10.0. The molecule has 0 spiro atoms. The lowest BCUT2D eigenvalue weighted by Crippen LogP contribution is -2.30. The highest BCUT2D eigenvalue weighted by atomic mass is 16.2. The summed E-state index contributed by atoms with van der Waals surface area (Å²) in [4.78, 5) is 27.3. The van der Waals surface area contributed by atoms with Crippen LogP contribution in [0.2, 0.25) is 0 Å². The molecule has 30 heavy (non-hydrogen) atoms. The molecule has 4 aromatic rings. The molecule has 0 saturated carbocycles. The number of urea groups is 1. The summed E-state index contributed by atoms with van der Waals surface area (Å²) in [5, 5.41) is 2.92. The van der Waals surface area contributed by atoms with Gasteiger partial charge in [-0.25, -0.2) is 4.79 Å². The molecule has 0 radical (unpaired) electrons. The number of amides is 2. The average molecular weight is 392 g/mol. The molecule has 0 atom stereocenters. The molecule has 4 nitrogen and oxygen atoms in total. The van der Waals surface area contributed by atoms with Gasteiger partial charge < -0.3 is 5.32 Å². The Morgan fingerprint density at radius 2 is 0.967 bits per heavy atom. The quantitative estimate of drug-likeness (QED) is 0.406. The van der Waals surface area contributed by atoms with E-state index in [1.807, 2.05) is 78.9 Å². The molecule has 0 bridgehead atoms. The number of nitrogens with one attached hydrogen (secondary N) is 1.